The lowest BCUT2D eigenvalue weighted by atomic mass is 9.76. The molecule has 1 aliphatic carbocycles. The minimum absolute atomic E-state index is 0.488. The number of nitrogens with one attached hydrogen (secondary N) is 1. The fourth-order valence-corrected chi connectivity index (χ4v) is 3.05. The van der Waals surface area contributed by atoms with Crippen molar-refractivity contribution in [3.63, 3.8) is 0 Å². The molecule has 0 aromatic carbocycles. The molecule has 3 unspecified atom stereocenters. The molecule has 0 amide bonds. The smallest absolute Gasteiger partial charge is 0.00757 e. The first kappa shape index (κ1) is 14.8. The molecule has 1 saturated carbocycles. The van der Waals surface area contributed by atoms with Crippen molar-refractivity contribution >= 4 is 0 Å². The Morgan fingerprint density at radius 1 is 1.24 bits per heavy atom. The van der Waals surface area contributed by atoms with E-state index in [9.17, 15) is 0 Å². The van der Waals surface area contributed by atoms with Gasteiger partial charge in [-0.15, -0.1) is 6.58 Å². The summed E-state index contributed by atoms with van der Waals surface area (Å²) in [6, 6.07) is 1.32. The van der Waals surface area contributed by atoms with Crippen LogP contribution < -0.4 is 5.32 Å². The van der Waals surface area contributed by atoms with Crippen LogP contribution in [-0.4, -0.2) is 12.1 Å². The van der Waals surface area contributed by atoms with Gasteiger partial charge in [0, 0.05) is 12.1 Å². The summed E-state index contributed by atoms with van der Waals surface area (Å²) in [6.45, 7) is 13.3. The summed E-state index contributed by atoms with van der Waals surface area (Å²) in [5.41, 5.74) is 0.488. The van der Waals surface area contributed by atoms with Crippen LogP contribution in [0.2, 0.25) is 0 Å². The summed E-state index contributed by atoms with van der Waals surface area (Å²) >= 11 is 0. The Hall–Kier alpha value is -0.300. The zero-order valence-corrected chi connectivity index (χ0v) is 12.3. The van der Waals surface area contributed by atoms with E-state index in [1.54, 1.807) is 0 Å². The van der Waals surface area contributed by atoms with Crippen LogP contribution >= 0.6 is 0 Å². The van der Waals surface area contributed by atoms with Gasteiger partial charge in [0.25, 0.3) is 0 Å². The summed E-state index contributed by atoms with van der Waals surface area (Å²) < 4.78 is 0. The van der Waals surface area contributed by atoms with Crippen molar-refractivity contribution in [2.75, 3.05) is 0 Å². The van der Waals surface area contributed by atoms with Crippen LogP contribution in [-0.2, 0) is 0 Å². The zero-order valence-electron chi connectivity index (χ0n) is 12.3. The zero-order chi connectivity index (χ0) is 12.9. The van der Waals surface area contributed by atoms with Gasteiger partial charge in [0.2, 0.25) is 0 Å². The largest absolute Gasteiger partial charge is 0.311 e. The molecule has 17 heavy (non-hydrogen) atoms. The van der Waals surface area contributed by atoms with Crippen molar-refractivity contribution in [1.82, 2.24) is 5.32 Å². The average molecular weight is 237 g/mol. The fourth-order valence-electron chi connectivity index (χ4n) is 3.05. The van der Waals surface area contributed by atoms with Crippen molar-refractivity contribution in [2.45, 2.75) is 78.3 Å². The van der Waals surface area contributed by atoms with Gasteiger partial charge < -0.3 is 5.32 Å². The maximum atomic E-state index is 3.82. The summed E-state index contributed by atoms with van der Waals surface area (Å²) in [6.07, 6.45) is 10.0. The Balaban J connectivity index is 2.40. The molecular weight excluding hydrogens is 206 g/mol. The van der Waals surface area contributed by atoms with Gasteiger partial charge in [0.05, 0.1) is 0 Å². The highest BCUT2D eigenvalue weighted by Crippen LogP contribution is 2.36. The van der Waals surface area contributed by atoms with E-state index in [0.29, 0.717) is 11.5 Å². The highest BCUT2D eigenvalue weighted by molar-refractivity contribution is 4.83. The van der Waals surface area contributed by atoms with Crippen molar-refractivity contribution in [1.29, 1.82) is 0 Å². The monoisotopic (exact) mass is 237 g/mol. The lowest BCUT2D eigenvalue weighted by molar-refractivity contribution is 0.213. The molecule has 3 atom stereocenters. The third-order valence-electron chi connectivity index (χ3n) is 4.23. The Bertz CT molecular complexity index is 226. The number of hydrogen-bond acceptors (Lipinski definition) is 1. The standard InChI is InChI=1S/C16H31N/c1-6-8-13(2)17-15-10-7-9-14(11-12-15)16(3,4)5/h6,13-15,17H,1,7-12H2,2-5H3. The third kappa shape index (κ3) is 5.25. The van der Waals surface area contributed by atoms with Gasteiger partial charge in [-0.25, -0.2) is 0 Å². The van der Waals surface area contributed by atoms with E-state index in [2.05, 4.69) is 39.6 Å². The quantitative estimate of drug-likeness (QED) is 0.559. The minimum atomic E-state index is 0.488. The molecule has 0 aromatic heterocycles. The van der Waals surface area contributed by atoms with Crippen molar-refractivity contribution in [3.05, 3.63) is 12.7 Å². The molecule has 0 saturated heterocycles. The molecule has 1 N–H and O–H groups in total. The maximum Gasteiger partial charge on any atom is 0.00757 e. The summed E-state index contributed by atoms with van der Waals surface area (Å²) in [5, 5.41) is 3.76. The molecule has 1 nitrogen and oxygen atoms in total. The van der Waals surface area contributed by atoms with Crippen LogP contribution in [0.25, 0.3) is 0 Å². The van der Waals surface area contributed by atoms with Crippen LogP contribution in [0.4, 0.5) is 0 Å². The van der Waals surface area contributed by atoms with Crippen LogP contribution in [0.1, 0.15) is 66.2 Å². The highest BCUT2D eigenvalue weighted by Gasteiger charge is 2.27. The third-order valence-corrected chi connectivity index (χ3v) is 4.23. The van der Waals surface area contributed by atoms with Crippen LogP contribution in [0.15, 0.2) is 12.7 Å². The number of hydrogen-bond donors (Lipinski definition) is 1. The van der Waals surface area contributed by atoms with Gasteiger partial charge in [-0.2, -0.15) is 0 Å². The first-order valence-electron chi connectivity index (χ1n) is 7.30. The minimum Gasteiger partial charge on any atom is -0.311 e. The molecule has 0 spiro atoms. The Morgan fingerprint density at radius 3 is 2.53 bits per heavy atom. The van der Waals surface area contributed by atoms with E-state index >= 15 is 0 Å². The van der Waals surface area contributed by atoms with Crippen molar-refractivity contribution in [3.8, 4) is 0 Å². The molecule has 1 aliphatic rings. The number of rotatable bonds is 4. The summed E-state index contributed by atoms with van der Waals surface area (Å²) in [4.78, 5) is 0. The first-order chi connectivity index (χ1) is 7.93. The van der Waals surface area contributed by atoms with E-state index in [4.69, 9.17) is 0 Å². The van der Waals surface area contributed by atoms with Crippen LogP contribution in [0.5, 0.6) is 0 Å². The summed E-state index contributed by atoms with van der Waals surface area (Å²) in [7, 11) is 0. The second-order valence-electron chi connectivity index (χ2n) is 6.86. The van der Waals surface area contributed by atoms with Crippen molar-refractivity contribution in [2.24, 2.45) is 11.3 Å². The lowest BCUT2D eigenvalue weighted by Crippen LogP contribution is -2.36. The predicted octanol–water partition coefficient (Wildman–Crippen LogP) is 4.54. The van der Waals surface area contributed by atoms with Gasteiger partial charge in [0.15, 0.2) is 0 Å². The van der Waals surface area contributed by atoms with Crippen LogP contribution in [0, 0.1) is 11.3 Å². The lowest BCUT2D eigenvalue weighted by Gasteiger charge is -2.30. The van der Waals surface area contributed by atoms with E-state index in [0.717, 1.165) is 18.4 Å². The summed E-state index contributed by atoms with van der Waals surface area (Å²) in [5.74, 6) is 0.906. The van der Waals surface area contributed by atoms with Gasteiger partial charge in [0.1, 0.15) is 0 Å². The normalized spacial score (nSPS) is 28.5. The Kier molecular flexibility index (Phi) is 5.72. The van der Waals surface area contributed by atoms with E-state index in [1.807, 2.05) is 6.08 Å². The second-order valence-corrected chi connectivity index (χ2v) is 6.86. The molecule has 1 heteroatoms. The molecule has 0 aliphatic heterocycles. The van der Waals surface area contributed by atoms with E-state index in [-0.39, 0.29) is 0 Å². The highest BCUT2D eigenvalue weighted by atomic mass is 14.9. The molecule has 0 radical (unpaired) electrons. The molecule has 1 fully saturated rings. The van der Waals surface area contributed by atoms with Crippen molar-refractivity contribution < 1.29 is 0 Å². The SMILES string of the molecule is C=CCC(C)NC1CCCC(C(C)(C)C)CC1. The Morgan fingerprint density at radius 2 is 1.94 bits per heavy atom. The molecular formula is C16H31N. The molecule has 0 aromatic rings. The fraction of sp³-hybridized carbons (Fsp3) is 0.875. The first-order valence-corrected chi connectivity index (χ1v) is 7.30. The van der Waals surface area contributed by atoms with Crippen LogP contribution in [0.3, 0.4) is 0 Å². The van der Waals surface area contributed by atoms with Gasteiger partial charge in [-0.1, -0.05) is 33.3 Å². The average Bonchev–Trinajstić information content (AvgIpc) is 2.42. The molecule has 0 heterocycles. The van der Waals surface area contributed by atoms with E-state index < -0.39 is 0 Å². The van der Waals surface area contributed by atoms with Gasteiger partial charge in [-0.05, 0) is 50.4 Å². The molecule has 0 bridgehead atoms. The Labute approximate surface area is 108 Å². The van der Waals surface area contributed by atoms with Gasteiger partial charge >= 0.3 is 0 Å². The maximum absolute atomic E-state index is 3.82. The molecule has 1 rings (SSSR count). The topological polar surface area (TPSA) is 12.0 Å². The predicted molar refractivity (Wildman–Crippen MR) is 77.2 cm³/mol. The molecule has 100 valence electrons. The van der Waals surface area contributed by atoms with E-state index in [1.165, 1.54) is 32.1 Å². The van der Waals surface area contributed by atoms with Gasteiger partial charge in [-0.3, -0.25) is 0 Å². The second kappa shape index (κ2) is 6.58.